The van der Waals surface area contributed by atoms with E-state index < -0.39 is 0 Å². The zero-order chi connectivity index (χ0) is 14.1. The van der Waals surface area contributed by atoms with Gasteiger partial charge in [0.15, 0.2) is 0 Å². The second-order valence-electron chi connectivity index (χ2n) is 5.54. The van der Waals surface area contributed by atoms with Gasteiger partial charge in [-0.1, -0.05) is 34.1 Å². The van der Waals surface area contributed by atoms with Crippen LogP contribution >= 0.6 is 31.9 Å². The first-order valence-electron chi connectivity index (χ1n) is 6.90. The molecule has 104 valence electrons. The van der Waals surface area contributed by atoms with Crippen molar-refractivity contribution in [3.05, 3.63) is 62.5 Å². The molecule has 1 nitrogen and oxygen atoms in total. The molecule has 0 atom stereocenters. The van der Waals surface area contributed by atoms with Gasteiger partial charge < -0.3 is 5.32 Å². The van der Waals surface area contributed by atoms with Gasteiger partial charge in [0.2, 0.25) is 0 Å². The van der Waals surface area contributed by atoms with E-state index in [0.29, 0.717) is 12.0 Å². The van der Waals surface area contributed by atoms with Gasteiger partial charge in [0.1, 0.15) is 0 Å². The standard InChI is InChI=1S/C17H17Br2N/c1-11-2-7-16(19)17(8-11)20-15-9-13(10-15)12-3-5-14(18)6-4-12/h2-8,13,15,20H,9-10H2,1H3. The van der Waals surface area contributed by atoms with E-state index in [-0.39, 0.29) is 0 Å². The lowest BCUT2D eigenvalue weighted by Crippen LogP contribution is -2.34. The van der Waals surface area contributed by atoms with Crippen molar-refractivity contribution in [3.63, 3.8) is 0 Å². The topological polar surface area (TPSA) is 12.0 Å². The molecule has 0 aliphatic heterocycles. The van der Waals surface area contributed by atoms with E-state index in [0.717, 1.165) is 8.95 Å². The van der Waals surface area contributed by atoms with E-state index in [1.54, 1.807) is 0 Å². The van der Waals surface area contributed by atoms with Gasteiger partial charge in [-0.25, -0.2) is 0 Å². The minimum Gasteiger partial charge on any atom is -0.381 e. The predicted molar refractivity (Wildman–Crippen MR) is 92.4 cm³/mol. The molecule has 20 heavy (non-hydrogen) atoms. The normalized spacial score (nSPS) is 21.4. The third-order valence-electron chi connectivity index (χ3n) is 3.96. The van der Waals surface area contributed by atoms with Crippen molar-refractivity contribution < 1.29 is 0 Å². The summed E-state index contributed by atoms with van der Waals surface area (Å²) in [5.41, 5.74) is 3.96. The highest BCUT2D eigenvalue weighted by molar-refractivity contribution is 9.10. The minimum atomic E-state index is 0.585. The molecule has 1 N–H and O–H groups in total. The van der Waals surface area contributed by atoms with Crippen LogP contribution in [0.1, 0.15) is 29.9 Å². The van der Waals surface area contributed by atoms with E-state index >= 15 is 0 Å². The number of hydrogen-bond acceptors (Lipinski definition) is 1. The lowest BCUT2D eigenvalue weighted by Gasteiger charge is -2.37. The summed E-state index contributed by atoms with van der Waals surface area (Å²) < 4.78 is 2.30. The van der Waals surface area contributed by atoms with E-state index in [1.165, 1.54) is 29.7 Å². The Kier molecular flexibility index (Phi) is 4.18. The summed E-state index contributed by atoms with van der Waals surface area (Å²) in [5.74, 6) is 0.698. The third kappa shape index (κ3) is 3.09. The molecule has 0 saturated heterocycles. The highest BCUT2D eigenvalue weighted by atomic mass is 79.9. The van der Waals surface area contributed by atoms with Gasteiger partial charge in [-0.3, -0.25) is 0 Å². The summed E-state index contributed by atoms with van der Waals surface area (Å²) in [7, 11) is 0. The number of rotatable bonds is 3. The molecule has 2 aromatic rings. The zero-order valence-electron chi connectivity index (χ0n) is 11.4. The molecule has 2 aromatic carbocycles. The number of hydrogen-bond donors (Lipinski definition) is 1. The third-order valence-corrected chi connectivity index (χ3v) is 5.18. The van der Waals surface area contributed by atoms with Crippen molar-refractivity contribution in [1.82, 2.24) is 0 Å². The molecule has 0 amide bonds. The molecule has 1 fully saturated rings. The molecule has 0 radical (unpaired) electrons. The van der Waals surface area contributed by atoms with Crippen LogP contribution in [0.3, 0.4) is 0 Å². The van der Waals surface area contributed by atoms with Crippen LogP contribution in [-0.2, 0) is 0 Å². The average molecular weight is 395 g/mol. The largest absolute Gasteiger partial charge is 0.381 e. The Morgan fingerprint density at radius 2 is 1.70 bits per heavy atom. The summed E-state index contributed by atoms with van der Waals surface area (Å²) in [5, 5.41) is 3.64. The molecule has 1 aliphatic carbocycles. The Bertz CT molecular complexity index is 601. The maximum Gasteiger partial charge on any atom is 0.0489 e. The van der Waals surface area contributed by atoms with Crippen molar-refractivity contribution >= 4 is 37.5 Å². The Hall–Kier alpha value is -0.800. The Morgan fingerprint density at radius 1 is 1.00 bits per heavy atom. The van der Waals surface area contributed by atoms with Gasteiger partial charge in [0.25, 0.3) is 0 Å². The average Bonchev–Trinajstić information content (AvgIpc) is 2.39. The van der Waals surface area contributed by atoms with Crippen LogP contribution in [0.5, 0.6) is 0 Å². The molecule has 3 heteroatoms. The summed E-state index contributed by atoms with van der Waals surface area (Å²) in [4.78, 5) is 0. The lowest BCUT2D eigenvalue weighted by molar-refractivity contribution is 0.374. The summed E-state index contributed by atoms with van der Waals surface area (Å²) in [6.07, 6.45) is 2.42. The van der Waals surface area contributed by atoms with Crippen LogP contribution in [0.2, 0.25) is 0 Å². The maximum atomic E-state index is 3.64. The van der Waals surface area contributed by atoms with Crippen LogP contribution in [0.15, 0.2) is 51.4 Å². The number of nitrogens with one attached hydrogen (secondary N) is 1. The van der Waals surface area contributed by atoms with Gasteiger partial charge in [-0.15, -0.1) is 0 Å². The Labute approximate surface area is 137 Å². The molecule has 3 rings (SSSR count). The van der Waals surface area contributed by atoms with Crippen LogP contribution in [0, 0.1) is 6.92 Å². The molecule has 0 aromatic heterocycles. The highest BCUT2D eigenvalue weighted by Crippen LogP contribution is 2.39. The molecule has 0 bridgehead atoms. The van der Waals surface area contributed by atoms with Crippen molar-refractivity contribution in [3.8, 4) is 0 Å². The van der Waals surface area contributed by atoms with E-state index in [1.807, 2.05) is 0 Å². The highest BCUT2D eigenvalue weighted by Gasteiger charge is 2.30. The molecule has 0 unspecified atom stereocenters. The summed E-state index contributed by atoms with van der Waals surface area (Å²) in [6, 6.07) is 15.8. The smallest absolute Gasteiger partial charge is 0.0489 e. The maximum absolute atomic E-state index is 3.64. The molecule has 0 heterocycles. The van der Waals surface area contributed by atoms with Crippen molar-refractivity contribution in [2.75, 3.05) is 5.32 Å². The number of halogens is 2. The Morgan fingerprint density at radius 3 is 2.40 bits per heavy atom. The Balaban J connectivity index is 1.60. The number of aryl methyl sites for hydroxylation is 1. The monoisotopic (exact) mass is 393 g/mol. The molecular formula is C17H17Br2N. The fourth-order valence-corrected chi connectivity index (χ4v) is 3.34. The quantitative estimate of drug-likeness (QED) is 0.685. The first-order chi connectivity index (χ1) is 9.61. The summed E-state index contributed by atoms with van der Waals surface area (Å²) >= 11 is 7.10. The molecular weight excluding hydrogens is 378 g/mol. The number of anilines is 1. The van der Waals surface area contributed by atoms with Gasteiger partial charge in [-0.05, 0) is 77.0 Å². The fraction of sp³-hybridized carbons (Fsp3) is 0.294. The van der Waals surface area contributed by atoms with Crippen LogP contribution < -0.4 is 5.32 Å². The van der Waals surface area contributed by atoms with Crippen molar-refractivity contribution in [1.29, 1.82) is 0 Å². The van der Waals surface area contributed by atoms with Crippen LogP contribution in [0.4, 0.5) is 5.69 Å². The molecule has 1 aliphatic rings. The fourth-order valence-electron chi connectivity index (χ4n) is 2.71. The van der Waals surface area contributed by atoms with E-state index in [2.05, 4.69) is 86.6 Å². The molecule has 1 saturated carbocycles. The van der Waals surface area contributed by atoms with Crippen molar-refractivity contribution in [2.45, 2.75) is 31.7 Å². The minimum absolute atomic E-state index is 0.585. The van der Waals surface area contributed by atoms with Crippen LogP contribution in [-0.4, -0.2) is 6.04 Å². The van der Waals surface area contributed by atoms with Crippen molar-refractivity contribution in [2.24, 2.45) is 0 Å². The number of benzene rings is 2. The zero-order valence-corrected chi connectivity index (χ0v) is 14.5. The molecule has 0 spiro atoms. The van der Waals surface area contributed by atoms with Gasteiger partial charge in [0.05, 0.1) is 0 Å². The second kappa shape index (κ2) is 5.90. The van der Waals surface area contributed by atoms with Gasteiger partial charge in [0, 0.05) is 20.7 Å². The lowest BCUT2D eigenvalue weighted by atomic mass is 9.76. The first-order valence-corrected chi connectivity index (χ1v) is 8.48. The SMILES string of the molecule is Cc1ccc(Br)c(NC2CC(c3ccc(Br)cc3)C2)c1. The van der Waals surface area contributed by atoms with E-state index in [9.17, 15) is 0 Å². The predicted octanol–water partition coefficient (Wildman–Crippen LogP) is 5.88. The van der Waals surface area contributed by atoms with Gasteiger partial charge in [-0.2, -0.15) is 0 Å². The second-order valence-corrected chi connectivity index (χ2v) is 7.31. The first kappa shape index (κ1) is 14.2. The van der Waals surface area contributed by atoms with Crippen LogP contribution in [0.25, 0.3) is 0 Å². The van der Waals surface area contributed by atoms with E-state index in [4.69, 9.17) is 0 Å². The van der Waals surface area contributed by atoms with Gasteiger partial charge >= 0.3 is 0 Å². The summed E-state index contributed by atoms with van der Waals surface area (Å²) in [6.45, 7) is 2.13.